The average Bonchev–Trinajstić information content (AvgIpc) is 2.61. The second kappa shape index (κ2) is 7.06. The highest BCUT2D eigenvalue weighted by Gasteiger charge is 2.21. The van der Waals surface area contributed by atoms with Gasteiger partial charge in [-0.1, -0.05) is 6.07 Å². The van der Waals surface area contributed by atoms with E-state index in [1.54, 1.807) is 25.6 Å². The second-order valence-corrected chi connectivity index (χ2v) is 5.31. The molecule has 1 fully saturated rings. The number of anilines is 1. The van der Waals surface area contributed by atoms with Crippen LogP contribution in [0.4, 0.5) is 5.95 Å². The largest absolute Gasteiger partial charge is 0.481 e. The van der Waals surface area contributed by atoms with Crippen LogP contribution in [0.15, 0.2) is 36.7 Å². The van der Waals surface area contributed by atoms with Crippen molar-refractivity contribution in [3.05, 3.63) is 36.7 Å². The topological polar surface area (TPSA) is 60.4 Å². The minimum Gasteiger partial charge on any atom is -0.481 e. The Balaban J connectivity index is 1.49. The smallest absolute Gasteiger partial charge is 0.228 e. The quantitative estimate of drug-likeness (QED) is 0.843. The van der Waals surface area contributed by atoms with Gasteiger partial charge in [0.1, 0.15) is 0 Å². The van der Waals surface area contributed by atoms with E-state index in [0.29, 0.717) is 24.3 Å². The molecule has 3 heterocycles. The first kappa shape index (κ1) is 14.6. The summed E-state index contributed by atoms with van der Waals surface area (Å²) < 4.78 is 10.9. The van der Waals surface area contributed by atoms with Crippen LogP contribution in [-0.2, 0) is 0 Å². The number of nitrogens with zero attached hydrogens (tertiary/aromatic N) is 4. The van der Waals surface area contributed by atoms with Crippen LogP contribution in [0.1, 0.15) is 12.8 Å². The highest BCUT2D eigenvalue weighted by Crippen LogP contribution is 2.22. The summed E-state index contributed by atoms with van der Waals surface area (Å²) in [4.78, 5) is 15.1. The molecule has 0 spiro atoms. The van der Waals surface area contributed by atoms with Crippen molar-refractivity contribution in [3.8, 4) is 11.8 Å². The Hall–Kier alpha value is -2.37. The molecule has 6 heteroatoms. The first-order chi connectivity index (χ1) is 10.8. The van der Waals surface area contributed by atoms with Gasteiger partial charge in [0.25, 0.3) is 0 Å². The Kier molecular flexibility index (Phi) is 4.68. The molecule has 1 aliphatic heterocycles. The number of methoxy groups -OCH3 is 1. The first-order valence-electron chi connectivity index (χ1n) is 7.51. The zero-order valence-electron chi connectivity index (χ0n) is 12.7. The molecule has 0 radical (unpaired) electrons. The Labute approximate surface area is 130 Å². The van der Waals surface area contributed by atoms with Crippen molar-refractivity contribution >= 4 is 5.95 Å². The summed E-state index contributed by atoms with van der Waals surface area (Å²) >= 11 is 0. The average molecular weight is 300 g/mol. The van der Waals surface area contributed by atoms with E-state index in [-0.39, 0.29) is 0 Å². The van der Waals surface area contributed by atoms with E-state index in [1.165, 1.54) is 0 Å². The maximum absolute atomic E-state index is 5.74. The van der Waals surface area contributed by atoms with E-state index in [0.717, 1.165) is 31.9 Å². The third-order valence-electron chi connectivity index (χ3n) is 3.83. The molecule has 0 aliphatic carbocycles. The van der Waals surface area contributed by atoms with Gasteiger partial charge in [-0.3, -0.25) is 0 Å². The fourth-order valence-corrected chi connectivity index (χ4v) is 2.53. The Morgan fingerprint density at radius 2 is 1.95 bits per heavy atom. The molecule has 0 atom stereocenters. The second-order valence-electron chi connectivity index (χ2n) is 5.31. The van der Waals surface area contributed by atoms with Crippen LogP contribution in [0, 0.1) is 5.92 Å². The van der Waals surface area contributed by atoms with E-state index in [2.05, 4.69) is 19.9 Å². The third-order valence-corrected chi connectivity index (χ3v) is 3.83. The van der Waals surface area contributed by atoms with Gasteiger partial charge in [0.15, 0.2) is 0 Å². The molecule has 116 valence electrons. The van der Waals surface area contributed by atoms with Crippen molar-refractivity contribution in [2.75, 3.05) is 31.7 Å². The molecule has 0 aromatic carbocycles. The number of piperidine rings is 1. The molecule has 0 amide bonds. The van der Waals surface area contributed by atoms with Gasteiger partial charge in [0.05, 0.1) is 13.7 Å². The van der Waals surface area contributed by atoms with Crippen molar-refractivity contribution in [2.24, 2.45) is 5.92 Å². The molecule has 1 aliphatic rings. The van der Waals surface area contributed by atoms with Gasteiger partial charge in [0, 0.05) is 37.6 Å². The summed E-state index contributed by atoms with van der Waals surface area (Å²) in [5.74, 6) is 2.58. The van der Waals surface area contributed by atoms with Gasteiger partial charge in [-0.2, -0.15) is 4.98 Å². The zero-order chi connectivity index (χ0) is 15.2. The van der Waals surface area contributed by atoms with Crippen LogP contribution in [0.5, 0.6) is 11.8 Å². The fraction of sp³-hybridized carbons (Fsp3) is 0.438. The molecule has 1 saturated heterocycles. The molecule has 6 nitrogen and oxygen atoms in total. The van der Waals surface area contributed by atoms with Crippen molar-refractivity contribution in [3.63, 3.8) is 0 Å². The van der Waals surface area contributed by atoms with E-state index < -0.39 is 0 Å². The summed E-state index contributed by atoms with van der Waals surface area (Å²) in [6.45, 7) is 2.58. The van der Waals surface area contributed by atoms with E-state index in [4.69, 9.17) is 9.47 Å². The van der Waals surface area contributed by atoms with Gasteiger partial charge in [-0.05, 0) is 24.8 Å². The minimum atomic E-state index is 0.545. The van der Waals surface area contributed by atoms with E-state index in [9.17, 15) is 0 Å². The summed E-state index contributed by atoms with van der Waals surface area (Å²) in [5.41, 5.74) is 0. The van der Waals surface area contributed by atoms with E-state index in [1.807, 2.05) is 18.2 Å². The molecule has 22 heavy (non-hydrogen) atoms. The Morgan fingerprint density at radius 1 is 1.09 bits per heavy atom. The summed E-state index contributed by atoms with van der Waals surface area (Å²) in [7, 11) is 1.62. The molecule has 2 aromatic rings. The minimum absolute atomic E-state index is 0.545. The van der Waals surface area contributed by atoms with Gasteiger partial charge in [0.2, 0.25) is 17.7 Å². The van der Waals surface area contributed by atoms with Gasteiger partial charge < -0.3 is 14.4 Å². The lowest BCUT2D eigenvalue weighted by Crippen LogP contribution is -2.36. The number of aromatic nitrogens is 3. The Morgan fingerprint density at radius 3 is 2.68 bits per heavy atom. The van der Waals surface area contributed by atoms with Crippen LogP contribution in [0.2, 0.25) is 0 Å². The summed E-state index contributed by atoms with van der Waals surface area (Å²) in [6.07, 6.45) is 5.61. The maximum Gasteiger partial charge on any atom is 0.228 e. The van der Waals surface area contributed by atoms with E-state index >= 15 is 0 Å². The highest BCUT2D eigenvalue weighted by molar-refractivity contribution is 5.32. The molecule has 0 saturated carbocycles. The number of hydrogen-bond acceptors (Lipinski definition) is 6. The summed E-state index contributed by atoms with van der Waals surface area (Å²) in [5, 5.41) is 0. The Bertz CT molecular complexity index is 586. The van der Waals surface area contributed by atoms with Crippen LogP contribution in [0.3, 0.4) is 0 Å². The molecular weight excluding hydrogens is 280 g/mol. The van der Waals surface area contributed by atoms with Crippen LogP contribution < -0.4 is 14.4 Å². The fourth-order valence-electron chi connectivity index (χ4n) is 2.53. The highest BCUT2D eigenvalue weighted by atomic mass is 16.5. The SMILES string of the molecule is COc1ccnc(N2CCC(COc3ccccn3)CC2)n1. The maximum atomic E-state index is 5.74. The van der Waals surface area contributed by atoms with Crippen molar-refractivity contribution in [1.82, 2.24) is 15.0 Å². The lowest BCUT2D eigenvalue weighted by atomic mass is 9.98. The van der Waals surface area contributed by atoms with Crippen LogP contribution >= 0.6 is 0 Å². The first-order valence-corrected chi connectivity index (χ1v) is 7.51. The van der Waals surface area contributed by atoms with Crippen molar-refractivity contribution in [2.45, 2.75) is 12.8 Å². The molecule has 2 aromatic heterocycles. The van der Waals surface area contributed by atoms with Gasteiger partial charge in [-0.15, -0.1) is 0 Å². The predicted molar refractivity (Wildman–Crippen MR) is 83.3 cm³/mol. The zero-order valence-corrected chi connectivity index (χ0v) is 12.7. The van der Waals surface area contributed by atoms with Crippen molar-refractivity contribution in [1.29, 1.82) is 0 Å². The molecule has 3 rings (SSSR count). The normalized spacial score (nSPS) is 15.6. The molecule has 0 unspecified atom stereocenters. The van der Waals surface area contributed by atoms with Crippen molar-refractivity contribution < 1.29 is 9.47 Å². The summed E-state index contributed by atoms with van der Waals surface area (Å²) in [6, 6.07) is 7.47. The van der Waals surface area contributed by atoms with Gasteiger partial charge in [-0.25, -0.2) is 9.97 Å². The van der Waals surface area contributed by atoms with Gasteiger partial charge >= 0.3 is 0 Å². The molecule has 0 bridgehead atoms. The third kappa shape index (κ3) is 3.63. The monoisotopic (exact) mass is 300 g/mol. The number of hydrogen-bond donors (Lipinski definition) is 0. The van der Waals surface area contributed by atoms with Crippen LogP contribution in [-0.4, -0.2) is 41.8 Å². The lowest BCUT2D eigenvalue weighted by molar-refractivity contribution is 0.215. The number of pyridine rings is 1. The number of ether oxygens (including phenoxy) is 2. The van der Waals surface area contributed by atoms with Crippen LogP contribution in [0.25, 0.3) is 0 Å². The lowest BCUT2D eigenvalue weighted by Gasteiger charge is -2.31. The molecule has 0 N–H and O–H groups in total. The predicted octanol–water partition coefficient (Wildman–Crippen LogP) is 2.18. The standard InChI is InChI=1S/C16H20N4O2/c1-21-15-5-9-18-16(19-15)20-10-6-13(7-11-20)12-22-14-4-2-3-8-17-14/h2-5,8-9,13H,6-7,10-12H2,1H3. The number of rotatable bonds is 5. The molecular formula is C16H20N4O2.